The molecule has 0 fully saturated rings. The SMILES string of the molecule is CCn1c(SCC(=O)Nc2cc(C)ccc2OC)nc2ccccc2c1=O. The van der Waals surface area contributed by atoms with Crippen LogP contribution < -0.4 is 15.6 Å². The van der Waals surface area contributed by atoms with Crippen LogP contribution in [0.2, 0.25) is 0 Å². The third-order valence-corrected chi connectivity index (χ3v) is 5.08. The van der Waals surface area contributed by atoms with E-state index in [2.05, 4.69) is 10.3 Å². The summed E-state index contributed by atoms with van der Waals surface area (Å²) < 4.78 is 6.88. The van der Waals surface area contributed by atoms with Crippen LogP contribution in [0, 0.1) is 6.92 Å². The van der Waals surface area contributed by atoms with Crippen molar-refractivity contribution < 1.29 is 9.53 Å². The highest BCUT2D eigenvalue weighted by atomic mass is 32.2. The van der Waals surface area contributed by atoms with Gasteiger partial charge in [0.05, 0.1) is 29.5 Å². The Labute approximate surface area is 161 Å². The Hall–Kier alpha value is -2.80. The molecule has 7 heteroatoms. The van der Waals surface area contributed by atoms with E-state index < -0.39 is 0 Å². The average Bonchev–Trinajstić information content (AvgIpc) is 2.67. The number of benzene rings is 2. The quantitative estimate of drug-likeness (QED) is 0.521. The summed E-state index contributed by atoms with van der Waals surface area (Å²) in [5, 5.41) is 3.98. The molecule has 2 aromatic carbocycles. The molecule has 0 aliphatic carbocycles. The lowest BCUT2D eigenvalue weighted by molar-refractivity contribution is -0.113. The predicted molar refractivity (Wildman–Crippen MR) is 109 cm³/mol. The van der Waals surface area contributed by atoms with Gasteiger partial charge in [-0.3, -0.25) is 14.2 Å². The Bertz CT molecular complexity index is 1050. The summed E-state index contributed by atoms with van der Waals surface area (Å²) in [6, 6.07) is 12.8. The molecule has 1 aromatic heterocycles. The summed E-state index contributed by atoms with van der Waals surface area (Å²) >= 11 is 1.24. The second-order valence-corrected chi connectivity index (χ2v) is 6.94. The average molecular weight is 383 g/mol. The second-order valence-electron chi connectivity index (χ2n) is 6.00. The fourth-order valence-electron chi connectivity index (χ4n) is 2.77. The molecule has 1 heterocycles. The topological polar surface area (TPSA) is 73.2 Å². The summed E-state index contributed by atoms with van der Waals surface area (Å²) in [5.41, 5.74) is 2.19. The van der Waals surface area contributed by atoms with Crippen molar-refractivity contribution >= 4 is 34.3 Å². The number of aromatic nitrogens is 2. The Morgan fingerprint density at radius 2 is 2.04 bits per heavy atom. The number of nitrogens with one attached hydrogen (secondary N) is 1. The summed E-state index contributed by atoms with van der Waals surface area (Å²) in [4.78, 5) is 29.6. The van der Waals surface area contributed by atoms with Gasteiger partial charge in [0.25, 0.3) is 5.56 Å². The maximum Gasteiger partial charge on any atom is 0.262 e. The molecule has 0 unspecified atom stereocenters. The largest absolute Gasteiger partial charge is 0.495 e. The molecule has 0 radical (unpaired) electrons. The third-order valence-electron chi connectivity index (χ3n) is 4.10. The fourth-order valence-corrected chi connectivity index (χ4v) is 3.64. The van der Waals surface area contributed by atoms with Gasteiger partial charge in [-0.05, 0) is 43.7 Å². The normalized spacial score (nSPS) is 10.8. The van der Waals surface area contributed by atoms with Crippen molar-refractivity contribution in [2.24, 2.45) is 0 Å². The van der Waals surface area contributed by atoms with E-state index in [-0.39, 0.29) is 17.2 Å². The standard InChI is InChI=1S/C20H21N3O3S/c1-4-23-19(25)14-7-5-6-8-15(14)22-20(23)27-12-18(24)21-16-11-13(2)9-10-17(16)26-3/h5-11H,4,12H2,1-3H3,(H,21,24). The maximum atomic E-state index is 12.6. The summed E-state index contributed by atoms with van der Waals surface area (Å²) in [7, 11) is 1.56. The lowest BCUT2D eigenvalue weighted by Crippen LogP contribution is -2.23. The molecule has 3 rings (SSSR count). The van der Waals surface area contributed by atoms with Crippen molar-refractivity contribution in [2.45, 2.75) is 25.5 Å². The first-order chi connectivity index (χ1) is 13.0. The van der Waals surface area contributed by atoms with E-state index in [0.29, 0.717) is 34.0 Å². The van der Waals surface area contributed by atoms with E-state index in [1.54, 1.807) is 23.8 Å². The summed E-state index contributed by atoms with van der Waals surface area (Å²) in [6.07, 6.45) is 0. The molecule has 0 saturated carbocycles. The molecule has 0 spiro atoms. The molecule has 0 bridgehead atoms. The van der Waals surface area contributed by atoms with Crippen molar-refractivity contribution in [3.63, 3.8) is 0 Å². The van der Waals surface area contributed by atoms with Crippen molar-refractivity contribution in [1.82, 2.24) is 9.55 Å². The van der Waals surface area contributed by atoms with Crippen LogP contribution in [0.25, 0.3) is 10.9 Å². The van der Waals surface area contributed by atoms with Crippen LogP contribution in [0.3, 0.4) is 0 Å². The van der Waals surface area contributed by atoms with E-state index >= 15 is 0 Å². The van der Waals surface area contributed by atoms with Crippen molar-refractivity contribution in [3.05, 3.63) is 58.4 Å². The highest BCUT2D eigenvalue weighted by Gasteiger charge is 2.13. The first kappa shape index (κ1) is 19.0. The second kappa shape index (κ2) is 8.26. The summed E-state index contributed by atoms with van der Waals surface area (Å²) in [6.45, 7) is 4.33. The first-order valence-electron chi connectivity index (χ1n) is 8.60. The van der Waals surface area contributed by atoms with Crippen LogP contribution in [-0.2, 0) is 11.3 Å². The number of carbonyl (C=O) groups excluding carboxylic acids is 1. The van der Waals surface area contributed by atoms with E-state index in [4.69, 9.17) is 4.74 Å². The third kappa shape index (κ3) is 4.14. The number of anilines is 1. The fraction of sp³-hybridized carbons (Fsp3) is 0.250. The van der Waals surface area contributed by atoms with Crippen LogP contribution >= 0.6 is 11.8 Å². The molecule has 1 N–H and O–H groups in total. The highest BCUT2D eigenvalue weighted by Crippen LogP contribution is 2.26. The van der Waals surface area contributed by atoms with Crippen LogP contribution in [0.4, 0.5) is 5.69 Å². The zero-order chi connectivity index (χ0) is 19.4. The number of aryl methyl sites for hydroxylation is 1. The molecule has 1 amide bonds. The van der Waals surface area contributed by atoms with Gasteiger partial charge < -0.3 is 10.1 Å². The molecular weight excluding hydrogens is 362 g/mol. The minimum Gasteiger partial charge on any atom is -0.495 e. The molecule has 0 aliphatic rings. The molecule has 3 aromatic rings. The molecule has 6 nitrogen and oxygen atoms in total. The van der Waals surface area contributed by atoms with Gasteiger partial charge in [0, 0.05) is 6.54 Å². The van der Waals surface area contributed by atoms with Gasteiger partial charge in [-0.25, -0.2) is 4.98 Å². The van der Waals surface area contributed by atoms with Gasteiger partial charge in [-0.1, -0.05) is 30.0 Å². The van der Waals surface area contributed by atoms with Crippen LogP contribution in [0.5, 0.6) is 5.75 Å². The lowest BCUT2D eigenvalue weighted by Gasteiger charge is -2.12. The maximum absolute atomic E-state index is 12.6. The van der Waals surface area contributed by atoms with Gasteiger partial charge in [-0.2, -0.15) is 0 Å². The lowest BCUT2D eigenvalue weighted by atomic mass is 10.2. The number of para-hydroxylation sites is 1. The highest BCUT2D eigenvalue weighted by molar-refractivity contribution is 7.99. The molecule has 0 aliphatic heterocycles. The van der Waals surface area contributed by atoms with E-state index in [9.17, 15) is 9.59 Å². The van der Waals surface area contributed by atoms with Crippen molar-refractivity contribution in [1.29, 1.82) is 0 Å². The minimum atomic E-state index is -0.186. The van der Waals surface area contributed by atoms with Gasteiger partial charge in [0.1, 0.15) is 5.75 Å². The van der Waals surface area contributed by atoms with Crippen LogP contribution in [0.1, 0.15) is 12.5 Å². The monoisotopic (exact) mass is 383 g/mol. The zero-order valence-electron chi connectivity index (χ0n) is 15.5. The van der Waals surface area contributed by atoms with E-state index in [1.807, 2.05) is 44.2 Å². The van der Waals surface area contributed by atoms with Crippen LogP contribution in [-0.4, -0.2) is 28.3 Å². The summed E-state index contributed by atoms with van der Waals surface area (Å²) in [5.74, 6) is 0.559. The molecular formula is C20H21N3O3S. The molecule has 0 saturated heterocycles. The van der Waals surface area contributed by atoms with E-state index in [0.717, 1.165) is 5.56 Å². The Morgan fingerprint density at radius 3 is 2.78 bits per heavy atom. The number of carbonyl (C=O) groups is 1. The van der Waals surface area contributed by atoms with Gasteiger partial charge in [0.15, 0.2) is 5.16 Å². The van der Waals surface area contributed by atoms with Crippen molar-refractivity contribution in [3.8, 4) is 5.75 Å². The zero-order valence-corrected chi connectivity index (χ0v) is 16.3. The Morgan fingerprint density at radius 1 is 1.26 bits per heavy atom. The van der Waals surface area contributed by atoms with E-state index in [1.165, 1.54) is 11.8 Å². The van der Waals surface area contributed by atoms with Crippen LogP contribution in [0.15, 0.2) is 52.4 Å². The predicted octanol–water partition coefficient (Wildman–Crippen LogP) is 3.46. The smallest absolute Gasteiger partial charge is 0.262 e. The minimum absolute atomic E-state index is 0.0913. The number of hydrogen-bond donors (Lipinski definition) is 1. The number of methoxy groups -OCH3 is 1. The number of ether oxygens (including phenoxy) is 1. The number of amides is 1. The Kier molecular flexibility index (Phi) is 5.81. The molecule has 0 atom stereocenters. The first-order valence-corrected chi connectivity index (χ1v) is 9.59. The number of thioether (sulfide) groups is 1. The van der Waals surface area contributed by atoms with Crippen molar-refractivity contribution in [2.75, 3.05) is 18.2 Å². The Balaban J connectivity index is 1.80. The van der Waals surface area contributed by atoms with Gasteiger partial charge in [0.2, 0.25) is 5.91 Å². The van der Waals surface area contributed by atoms with Gasteiger partial charge in [-0.15, -0.1) is 0 Å². The number of nitrogens with zero attached hydrogens (tertiary/aromatic N) is 2. The molecule has 27 heavy (non-hydrogen) atoms. The molecule has 140 valence electrons. The number of fused-ring (bicyclic) bond motifs is 1. The van der Waals surface area contributed by atoms with Gasteiger partial charge >= 0.3 is 0 Å². The number of rotatable bonds is 6. The number of hydrogen-bond acceptors (Lipinski definition) is 5.